The van der Waals surface area contributed by atoms with E-state index in [4.69, 9.17) is 5.21 Å². The molecule has 0 saturated carbocycles. The van der Waals surface area contributed by atoms with Crippen molar-refractivity contribution in [3.8, 4) is 0 Å². The number of hydrogen-bond donors (Lipinski definition) is 3. The summed E-state index contributed by atoms with van der Waals surface area (Å²) in [5.74, 6) is -3.88. The minimum absolute atomic E-state index is 0.156. The van der Waals surface area contributed by atoms with Crippen LogP contribution in [-0.4, -0.2) is 11.1 Å². The van der Waals surface area contributed by atoms with Gasteiger partial charge in [-0.3, -0.25) is 0 Å². The fourth-order valence-electron chi connectivity index (χ4n) is 1.62. The van der Waals surface area contributed by atoms with Crippen LogP contribution < -0.4 is 30.2 Å². The summed E-state index contributed by atoms with van der Waals surface area (Å²) in [6.45, 7) is 0. The van der Waals surface area contributed by atoms with Crippen molar-refractivity contribution in [1.82, 2.24) is 0 Å². The number of amides is 1. The molecular weight excluding hydrogens is 416 g/mol. The molecule has 2 aromatic carbocycles. The van der Waals surface area contributed by atoms with E-state index < -0.39 is 53.8 Å². The van der Waals surface area contributed by atoms with Crippen LogP contribution in [0.1, 0.15) is 10.4 Å². The van der Waals surface area contributed by atoms with Crippen molar-refractivity contribution in [2.75, 3.05) is 5.32 Å². The van der Waals surface area contributed by atoms with Gasteiger partial charge in [-0.1, -0.05) is 0 Å². The summed E-state index contributed by atoms with van der Waals surface area (Å²) in [5, 5.41) is 21.6. The van der Waals surface area contributed by atoms with E-state index in [-0.39, 0.29) is 9.26 Å². The first kappa shape index (κ1) is 16.7. The number of nitrogens with one attached hydrogen (secondary N) is 2. The van der Waals surface area contributed by atoms with Gasteiger partial charge in [0.15, 0.2) is 0 Å². The zero-order valence-corrected chi connectivity index (χ0v) is 12.9. The molecule has 1 amide bonds. The van der Waals surface area contributed by atoms with Crippen molar-refractivity contribution in [3.05, 3.63) is 68.2 Å². The molecule has 0 aliphatic carbocycles. The van der Waals surface area contributed by atoms with Crippen molar-refractivity contribution in [2.45, 2.75) is 0 Å². The van der Waals surface area contributed by atoms with Crippen LogP contribution in [-0.2, 0) is 0 Å². The molecular formula is C13H9F3IN2O3-. The van der Waals surface area contributed by atoms with E-state index in [0.717, 1.165) is 24.3 Å². The molecule has 0 fully saturated rings. The Bertz CT molecular complexity index is 696. The van der Waals surface area contributed by atoms with Crippen LogP contribution >= 0.6 is 0 Å². The predicted octanol–water partition coefficient (Wildman–Crippen LogP) is -1.70. The fraction of sp³-hybridized carbons (Fsp3) is 0. The van der Waals surface area contributed by atoms with Gasteiger partial charge < -0.3 is 0 Å². The van der Waals surface area contributed by atoms with E-state index in [1.54, 1.807) is 0 Å². The zero-order chi connectivity index (χ0) is 16.3. The normalized spacial score (nSPS) is 12.2. The van der Waals surface area contributed by atoms with Crippen molar-refractivity contribution in [1.29, 1.82) is 0 Å². The van der Waals surface area contributed by atoms with Gasteiger partial charge in [-0.15, -0.1) is 0 Å². The second kappa shape index (κ2) is 7.05. The van der Waals surface area contributed by atoms with E-state index in [9.17, 15) is 23.2 Å². The summed E-state index contributed by atoms with van der Waals surface area (Å²) in [6, 6.07) is 6.48. The van der Waals surface area contributed by atoms with Gasteiger partial charge >= 0.3 is 133 Å². The van der Waals surface area contributed by atoms with Crippen LogP contribution in [0, 0.1) is 26.2 Å². The van der Waals surface area contributed by atoms with Crippen LogP contribution in [0.3, 0.4) is 0 Å². The van der Waals surface area contributed by atoms with Gasteiger partial charge in [0, 0.05) is 0 Å². The van der Waals surface area contributed by atoms with E-state index >= 15 is 0 Å². The van der Waals surface area contributed by atoms with Crippen LogP contribution in [0.2, 0.25) is 0 Å². The number of carbonyl (C=O) groups excluding carboxylic acids is 1. The van der Waals surface area contributed by atoms with Gasteiger partial charge in [0.2, 0.25) is 0 Å². The van der Waals surface area contributed by atoms with Crippen molar-refractivity contribution in [3.63, 3.8) is 0 Å². The number of quaternary nitrogens is 1. The van der Waals surface area contributed by atoms with E-state index in [1.807, 2.05) is 0 Å². The minimum atomic E-state index is -1.73. The second-order valence-corrected chi connectivity index (χ2v) is 6.65. The molecule has 5 nitrogen and oxygen atoms in total. The Hall–Kier alpha value is -1.69. The van der Waals surface area contributed by atoms with Crippen LogP contribution in [0.25, 0.3) is 0 Å². The Morgan fingerprint density at radius 3 is 2.36 bits per heavy atom. The van der Waals surface area contributed by atoms with Gasteiger partial charge in [0.25, 0.3) is 0 Å². The van der Waals surface area contributed by atoms with Gasteiger partial charge in [-0.25, -0.2) is 0 Å². The molecule has 0 radical (unpaired) electrons. The van der Waals surface area contributed by atoms with Gasteiger partial charge in [-0.2, -0.15) is 0 Å². The summed E-state index contributed by atoms with van der Waals surface area (Å²) < 4.78 is 39.2. The number of rotatable bonds is 4. The molecule has 2 rings (SSSR count). The summed E-state index contributed by atoms with van der Waals surface area (Å²) in [5.41, 5.74) is -0.702. The number of hydrogen-bond acceptors (Lipinski definition) is 3. The van der Waals surface area contributed by atoms with Crippen molar-refractivity contribution >= 4 is 11.6 Å². The topological polar surface area (TPSA) is 76.8 Å². The molecule has 0 saturated heterocycles. The Morgan fingerprint density at radius 2 is 1.77 bits per heavy atom. The molecule has 3 N–H and O–H groups in total. The van der Waals surface area contributed by atoms with Crippen LogP contribution in [0.5, 0.6) is 0 Å². The average molecular weight is 425 g/mol. The van der Waals surface area contributed by atoms with Crippen molar-refractivity contribution in [2.24, 2.45) is 0 Å². The van der Waals surface area contributed by atoms with Crippen LogP contribution in [0.4, 0.5) is 18.9 Å². The summed E-state index contributed by atoms with van der Waals surface area (Å²) in [7, 11) is 0. The Morgan fingerprint density at radius 1 is 1.14 bits per heavy atom. The molecule has 118 valence electrons. The SMILES string of the molecule is O=C(Nc1ccc(F)cc1)c1c(F)ccc([I-][NH+]([O-])O)c1F. The van der Waals surface area contributed by atoms with Crippen molar-refractivity contribution < 1.29 is 48.1 Å². The second-order valence-electron chi connectivity index (χ2n) is 4.03. The molecule has 0 spiro atoms. The first-order valence-electron chi connectivity index (χ1n) is 5.81. The maximum absolute atomic E-state index is 14.1. The molecule has 1 atom stereocenters. The summed E-state index contributed by atoms with van der Waals surface area (Å²) >= 11 is -1.73. The fourth-order valence-corrected chi connectivity index (χ4v) is 2.99. The average Bonchev–Trinajstić information content (AvgIpc) is 2.44. The number of carbonyl (C=O) groups is 1. The molecule has 0 bridgehead atoms. The summed E-state index contributed by atoms with van der Waals surface area (Å²) in [4.78, 5) is 12.0. The molecule has 22 heavy (non-hydrogen) atoms. The molecule has 9 heteroatoms. The molecule has 1 unspecified atom stereocenters. The van der Waals surface area contributed by atoms with Crippen LogP contribution in [0.15, 0.2) is 36.4 Å². The number of halogens is 4. The number of anilines is 1. The third-order valence-corrected chi connectivity index (χ3v) is 4.43. The first-order valence-corrected chi connectivity index (χ1v) is 7.97. The zero-order valence-electron chi connectivity index (χ0n) is 10.7. The van der Waals surface area contributed by atoms with Gasteiger partial charge in [0.05, 0.1) is 0 Å². The molecule has 0 aliphatic heterocycles. The van der Waals surface area contributed by atoms with E-state index in [2.05, 4.69) is 5.32 Å². The Kier molecular flexibility index (Phi) is 5.34. The summed E-state index contributed by atoms with van der Waals surface area (Å²) in [6.07, 6.45) is 0. The molecule has 0 aromatic heterocycles. The van der Waals surface area contributed by atoms with E-state index in [0.29, 0.717) is 0 Å². The Labute approximate surface area is 133 Å². The quantitative estimate of drug-likeness (QED) is 0.237. The monoisotopic (exact) mass is 425 g/mol. The third kappa shape index (κ3) is 3.94. The van der Waals surface area contributed by atoms with Gasteiger partial charge in [0.1, 0.15) is 0 Å². The standard InChI is InChI=1S/C13H9F3IN2O3/c14-7-1-3-8(4-2-7)18-13(20)11-9(15)5-6-10(12(11)16)17-19(21)22/h1-6,19,21H,(H,18,20)/q-1. The third-order valence-electron chi connectivity index (χ3n) is 2.56. The van der Waals surface area contributed by atoms with E-state index in [1.165, 1.54) is 12.1 Å². The predicted molar refractivity (Wildman–Crippen MR) is 65.5 cm³/mol. The van der Waals surface area contributed by atoms with Gasteiger partial charge in [-0.05, 0) is 0 Å². The molecule has 0 heterocycles. The molecule has 0 aliphatic rings. The maximum atomic E-state index is 14.1. The first-order chi connectivity index (χ1) is 10.4. The molecule has 2 aromatic rings. The number of benzene rings is 2. The Balaban J connectivity index is 2.30.